The van der Waals surface area contributed by atoms with Crippen molar-refractivity contribution in [3.05, 3.63) is 0 Å². The zero-order valence-electron chi connectivity index (χ0n) is 8.52. The standard InChI is InChI=1S/C8H15N3OS2/c1-5(2)7(12)6(9-14-13)4-8(3)10-11-8/h5-6,9,13H,4H2,1-3H3/t6-/m0/s1. The van der Waals surface area contributed by atoms with E-state index in [0.717, 1.165) is 11.0 Å². The molecule has 0 unspecified atom stereocenters. The third-order valence-electron chi connectivity index (χ3n) is 2.14. The monoisotopic (exact) mass is 233 g/mol. The maximum atomic E-state index is 11.7. The van der Waals surface area contributed by atoms with Crippen LogP contribution in [-0.2, 0) is 4.79 Å². The number of carbonyl (C=O) groups is 1. The Balaban J connectivity index is 2.50. The van der Waals surface area contributed by atoms with Gasteiger partial charge in [0.15, 0.2) is 11.4 Å². The number of hydrogen-bond acceptors (Lipinski definition) is 6. The Kier molecular flexibility index (Phi) is 3.97. The summed E-state index contributed by atoms with van der Waals surface area (Å²) in [4.78, 5) is 11.7. The zero-order chi connectivity index (χ0) is 10.8. The van der Waals surface area contributed by atoms with Gasteiger partial charge in [-0.05, 0) is 17.9 Å². The van der Waals surface area contributed by atoms with Crippen molar-refractivity contribution in [1.82, 2.24) is 4.72 Å². The van der Waals surface area contributed by atoms with Crippen LogP contribution in [0.25, 0.3) is 0 Å². The summed E-state index contributed by atoms with van der Waals surface area (Å²) < 4.78 is 2.97. The molecule has 1 aliphatic heterocycles. The summed E-state index contributed by atoms with van der Waals surface area (Å²) in [5, 5.41) is 7.79. The fourth-order valence-electron chi connectivity index (χ4n) is 1.22. The molecule has 0 saturated heterocycles. The van der Waals surface area contributed by atoms with Crippen molar-refractivity contribution in [1.29, 1.82) is 0 Å². The lowest BCUT2D eigenvalue weighted by atomic mass is 9.96. The van der Waals surface area contributed by atoms with E-state index in [-0.39, 0.29) is 23.4 Å². The van der Waals surface area contributed by atoms with Gasteiger partial charge in [-0.2, -0.15) is 10.2 Å². The normalized spacial score (nSPS) is 19.8. The Hall–Kier alpha value is -0.0700. The second kappa shape index (κ2) is 4.63. The first-order chi connectivity index (χ1) is 6.48. The number of carbonyl (C=O) groups excluding carboxylic acids is 1. The third kappa shape index (κ3) is 3.25. The highest BCUT2D eigenvalue weighted by Gasteiger charge is 2.39. The molecule has 1 aliphatic rings. The fraction of sp³-hybridized carbons (Fsp3) is 0.875. The summed E-state index contributed by atoms with van der Waals surface area (Å²) >= 11 is 3.99. The molecule has 0 aromatic carbocycles. The first-order valence-corrected chi connectivity index (χ1v) is 6.39. The molecule has 0 fully saturated rings. The van der Waals surface area contributed by atoms with Gasteiger partial charge in [-0.3, -0.25) is 4.79 Å². The predicted octanol–water partition coefficient (Wildman–Crippen LogP) is 2.23. The van der Waals surface area contributed by atoms with Crippen molar-refractivity contribution in [2.24, 2.45) is 16.1 Å². The van der Waals surface area contributed by atoms with Crippen LogP contribution in [0.15, 0.2) is 10.2 Å². The Labute approximate surface area is 93.3 Å². The lowest BCUT2D eigenvalue weighted by molar-refractivity contribution is -0.123. The minimum atomic E-state index is -0.342. The summed E-state index contributed by atoms with van der Waals surface area (Å²) in [6.07, 6.45) is 0.623. The molecule has 0 bridgehead atoms. The molecule has 1 N–H and O–H groups in total. The maximum absolute atomic E-state index is 11.7. The summed E-state index contributed by atoms with van der Waals surface area (Å²) in [6.45, 7) is 5.70. The Morgan fingerprint density at radius 3 is 2.50 bits per heavy atom. The number of Topliss-reactive ketones (excluding diaryl/α,β-unsaturated/α-hetero) is 1. The van der Waals surface area contributed by atoms with Gasteiger partial charge in [0.1, 0.15) is 0 Å². The van der Waals surface area contributed by atoms with Crippen LogP contribution in [0.3, 0.4) is 0 Å². The molecular weight excluding hydrogens is 218 g/mol. The fourth-order valence-corrected chi connectivity index (χ4v) is 1.93. The van der Waals surface area contributed by atoms with Crippen LogP contribution in [0.5, 0.6) is 0 Å². The van der Waals surface area contributed by atoms with E-state index in [1.807, 2.05) is 20.8 Å². The van der Waals surface area contributed by atoms with Gasteiger partial charge in [-0.15, -0.1) is 0 Å². The highest BCUT2D eigenvalue weighted by molar-refractivity contribution is 8.67. The van der Waals surface area contributed by atoms with Gasteiger partial charge in [0.2, 0.25) is 0 Å². The van der Waals surface area contributed by atoms with Crippen molar-refractivity contribution in [3.63, 3.8) is 0 Å². The molecule has 14 heavy (non-hydrogen) atoms. The Morgan fingerprint density at radius 2 is 2.14 bits per heavy atom. The summed E-state index contributed by atoms with van der Waals surface area (Å²) in [5.74, 6) is 0.209. The van der Waals surface area contributed by atoms with E-state index in [2.05, 4.69) is 26.6 Å². The molecule has 0 saturated carbocycles. The van der Waals surface area contributed by atoms with Gasteiger partial charge in [-0.25, -0.2) is 4.72 Å². The molecule has 6 heteroatoms. The van der Waals surface area contributed by atoms with Crippen LogP contribution in [0.2, 0.25) is 0 Å². The van der Waals surface area contributed by atoms with Crippen LogP contribution in [0.1, 0.15) is 27.2 Å². The summed E-state index contributed by atoms with van der Waals surface area (Å²) in [5.41, 5.74) is -0.342. The van der Waals surface area contributed by atoms with Gasteiger partial charge >= 0.3 is 0 Å². The zero-order valence-corrected chi connectivity index (χ0v) is 10.2. The molecule has 0 spiro atoms. The lowest BCUT2D eigenvalue weighted by Crippen LogP contribution is -2.38. The number of thiol groups is 1. The molecule has 1 atom stereocenters. The van der Waals surface area contributed by atoms with Crippen molar-refractivity contribution in [3.8, 4) is 0 Å². The highest BCUT2D eigenvalue weighted by Crippen LogP contribution is 2.33. The predicted molar refractivity (Wildman–Crippen MR) is 61.2 cm³/mol. The molecular formula is C8H15N3OS2. The maximum Gasteiger partial charge on any atom is 0.190 e. The van der Waals surface area contributed by atoms with E-state index < -0.39 is 0 Å². The number of hydrogen-bond donors (Lipinski definition) is 2. The van der Waals surface area contributed by atoms with E-state index >= 15 is 0 Å². The number of nitrogens with one attached hydrogen (secondary N) is 1. The van der Waals surface area contributed by atoms with Crippen molar-refractivity contribution in [2.45, 2.75) is 38.9 Å². The second-order valence-corrected chi connectivity index (χ2v) is 4.91. The summed E-state index contributed by atoms with van der Waals surface area (Å²) in [7, 11) is 1.16. The van der Waals surface area contributed by atoms with Crippen LogP contribution in [-0.4, -0.2) is 17.5 Å². The lowest BCUT2D eigenvalue weighted by Gasteiger charge is -2.18. The quantitative estimate of drug-likeness (QED) is 0.420. The van der Waals surface area contributed by atoms with Crippen molar-refractivity contribution < 1.29 is 4.79 Å². The van der Waals surface area contributed by atoms with Crippen LogP contribution >= 0.6 is 22.6 Å². The van der Waals surface area contributed by atoms with Crippen LogP contribution < -0.4 is 4.72 Å². The largest absolute Gasteiger partial charge is 0.298 e. The van der Waals surface area contributed by atoms with E-state index in [1.165, 1.54) is 0 Å². The molecule has 1 heterocycles. The molecule has 0 aromatic rings. The molecule has 1 rings (SSSR count). The number of rotatable bonds is 6. The molecule has 4 nitrogen and oxygen atoms in total. The molecule has 0 aromatic heterocycles. The number of ketones is 1. The van der Waals surface area contributed by atoms with Crippen molar-refractivity contribution in [2.75, 3.05) is 0 Å². The van der Waals surface area contributed by atoms with E-state index in [1.54, 1.807) is 0 Å². The minimum absolute atomic E-state index is 0.0235. The van der Waals surface area contributed by atoms with Crippen molar-refractivity contribution >= 4 is 28.4 Å². The first-order valence-electron chi connectivity index (χ1n) is 4.52. The molecule has 0 amide bonds. The second-order valence-electron chi connectivity index (χ2n) is 3.94. The smallest absolute Gasteiger partial charge is 0.190 e. The number of nitrogens with zero attached hydrogens (tertiary/aromatic N) is 2. The average molecular weight is 233 g/mol. The molecule has 0 aliphatic carbocycles. The van der Waals surface area contributed by atoms with Gasteiger partial charge in [-0.1, -0.05) is 25.5 Å². The highest BCUT2D eigenvalue weighted by atomic mass is 33.1. The Morgan fingerprint density at radius 1 is 1.57 bits per heavy atom. The van der Waals surface area contributed by atoms with Crippen LogP contribution in [0, 0.1) is 5.92 Å². The average Bonchev–Trinajstić information content (AvgIpc) is 2.81. The van der Waals surface area contributed by atoms with E-state index in [4.69, 9.17) is 0 Å². The molecule has 80 valence electrons. The van der Waals surface area contributed by atoms with Gasteiger partial charge < -0.3 is 0 Å². The Bertz CT molecular complexity index is 249. The SMILES string of the molecule is CC(C)C(=O)[C@H](CC1(C)N=N1)NSS. The minimum Gasteiger partial charge on any atom is -0.298 e. The van der Waals surface area contributed by atoms with E-state index in [0.29, 0.717) is 6.42 Å². The van der Waals surface area contributed by atoms with Crippen LogP contribution in [0.4, 0.5) is 0 Å². The third-order valence-corrected chi connectivity index (χ3v) is 2.85. The van der Waals surface area contributed by atoms with E-state index in [9.17, 15) is 4.79 Å². The summed E-state index contributed by atoms with van der Waals surface area (Å²) in [6, 6.07) is -0.211. The topological polar surface area (TPSA) is 53.8 Å². The van der Waals surface area contributed by atoms with Gasteiger partial charge in [0, 0.05) is 12.3 Å². The van der Waals surface area contributed by atoms with Gasteiger partial charge in [0.25, 0.3) is 0 Å². The first kappa shape index (κ1) is 12.0. The molecule has 0 radical (unpaired) electrons. The van der Waals surface area contributed by atoms with Gasteiger partial charge in [0.05, 0.1) is 6.04 Å².